The summed E-state index contributed by atoms with van der Waals surface area (Å²) in [6, 6.07) is 11.1. The van der Waals surface area contributed by atoms with Gasteiger partial charge in [-0.05, 0) is 54.7 Å². The summed E-state index contributed by atoms with van der Waals surface area (Å²) in [7, 11) is 0. The van der Waals surface area contributed by atoms with Crippen LogP contribution in [-0.4, -0.2) is 5.91 Å². The Morgan fingerprint density at radius 3 is 2.34 bits per heavy atom. The molecule has 1 amide bonds. The molecule has 4 nitrogen and oxygen atoms in total. The first kappa shape index (κ1) is 21.3. The molecular weight excluding hydrogens is 430 g/mol. The van der Waals surface area contributed by atoms with Gasteiger partial charge < -0.3 is 9.73 Å². The summed E-state index contributed by atoms with van der Waals surface area (Å²) in [6.45, 7) is 6.17. The standard InChI is InChI=1S/C24H26BrNO3/c1-4-7-11-20-21(23(27)18-10-8-9-12-19(18)29-20)24(28)26-22-15(5-2)13-17(25)14-16(22)6-3/h8-10,12-14H,4-7,11H2,1-3H3,(H,26,28). The summed E-state index contributed by atoms with van der Waals surface area (Å²) in [4.78, 5) is 26.5. The number of rotatable bonds is 7. The van der Waals surface area contributed by atoms with Crippen molar-refractivity contribution in [3.8, 4) is 0 Å². The smallest absolute Gasteiger partial charge is 0.263 e. The number of amides is 1. The lowest BCUT2D eigenvalue weighted by atomic mass is 10.0. The monoisotopic (exact) mass is 455 g/mol. The van der Waals surface area contributed by atoms with E-state index >= 15 is 0 Å². The molecule has 1 aromatic heterocycles. The van der Waals surface area contributed by atoms with Crippen LogP contribution in [0.2, 0.25) is 0 Å². The van der Waals surface area contributed by atoms with Crippen molar-refractivity contribution in [1.29, 1.82) is 0 Å². The number of fused-ring (bicyclic) bond motifs is 1. The largest absolute Gasteiger partial charge is 0.460 e. The third-order valence-corrected chi connectivity index (χ3v) is 5.58. The number of unbranched alkanes of at least 4 members (excludes halogenated alkanes) is 1. The Bertz CT molecular complexity index is 1080. The predicted molar refractivity (Wildman–Crippen MR) is 122 cm³/mol. The van der Waals surface area contributed by atoms with Crippen LogP contribution in [0.4, 0.5) is 5.69 Å². The van der Waals surface area contributed by atoms with Gasteiger partial charge in [-0.15, -0.1) is 0 Å². The molecule has 0 aliphatic heterocycles. The van der Waals surface area contributed by atoms with Crippen LogP contribution in [-0.2, 0) is 19.3 Å². The molecule has 0 saturated heterocycles. The van der Waals surface area contributed by atoms with Gasteiger partial charge in [0.1, 0.15) is 16.9 Å². The summed E-state index contributed by atoms with van der Waals surface area (Å²) in [5, 5.41) is 3.46. The number of carbonyl (C=O) groups excluding carboxylic acids is 1. The number of benzene rings is 2. The minimum Gasteiger partial charge on any atom is -0.460 e. The zero-order valence-electron chi connectivity index (χ0n) is 17.1. The van der Waals surface area contributed by atoms with Gasteiger partial charge in [-0.25, -0.2) is 0 Å². The van der Waals surface area contributed by atoms with E-state index in [-0.39, 0.29) is 11.0 Å². The van der Waals surface area contributed by atoms with E-state index in [1.165, 1.54) is 0 Å². The Morgan fingerprint density at radius 1 is 1.07 bits per heavy atom. The number of hydrogen-bond donors (Lipinski definition) is 1. The molecule has 0 fully saturated rings. The Hall–Kier alpha value is -2.40. The maximum atomic E-state index is 13.3. The molecule has 1 N–H and O–H groups in total. The van der Waals surface area contributed by atoms with Gasteiger partial charge in [0, 0.05) is 16.6 Å². The fraction of sp³-hybridized carbons (Fsp3) is 0.333. The molecule has 0 aliphatic rings. The highest BCUT2D eigenvalue weighted by atomic mass is 79.9. The molecule has 3 aromatic rings. The number of para-hydroxylation sites is 1. The van der Waals surface area contributed by atoms with E-state index in [4.69, 9.17) is 4.42 Å². The molecule has 29 heavy (non-hydrogen) atoms. The van der Waals surface area contributed by atoms with Crippen LogP contribution in [0, 0.1) is 0 Å². The van der Waals surface area contributed by atoms with Crippen molar-refractivity contribution in [2.45, 2.75) is 52.9 Å². The lowest BCUT2D eigenvalue weighted by Crippen LogP contribution is -2.25. The van der Waals surface area contributed by atoms with E-state index < -0.39 is 5.91 Å². The summed E-state index contributed by atoms with van der Waals surface area (Å²) < 4.78 is 6.98. The second-order valence-electron chi connectivity index (χ2n) is 7.09. The molecule has 152 valence electrons. The van der Waals surface area contributed by atoms with E-state index in [0.717, 1.165) is 47.0 Å². The van der Waals surface area contributed by atoms with Crippen molar-refractivity contribution >= 4 is 38.5 Å². The summed E-state index contributed by atoms with van der Waals surface area (Å²) >= 11 is 3.54. The van der Waals surface area contributed by atoms with Gasteiger partial charge in [0.05, 0.1) is 5.39 Å². The Labute approximate surface area is 179 Å². The number of nitrogens with one attached hydrogen (secondary N) is 1. The molecule has 0 atom stereocenters. The van der Waals surface area contributed by atoms with Crippen molar-refractivity contribution in [2.24, 2.45) is 0 Å². The molecule has 2 aromatic carbocycles. The molecule has 1 heterocycles. The Kier molecular flexibility index (Phi) is 6.91. The molecule has 0 aliphatic carbocycles. The maximum absolute atomic E-state index is 13.3. The summed E-state index contributed by atoms with van der Waals surface area (Å²) in [5.41, 5.74) is 3.21. The lowest BCUT2D eigenvalue weighted by Gasteiger charge is -2.16. The quantitative estimate of drug-likeness (QED) is 0.456. The predicted octanol–water partition coefficient (Wildman–Crippen LogP) is 6.28. The first-order chi connectivity index (χ1) is 14.0. The van der Waals surface area contributed by atoms with Crippen molar-refractivity contribution < 1.29 is 9.21 Å². The average Bonchev–Trinajstić information content (AvgIpc) is 2.72. The number of hydrogen-bond acceptors (Lipinski definition) is 3. The number of aryl methyl sites for hydroxylation is 3. The molecule has 0 spiro atoms. The van der Waals surface area contributed by atoms with E-state index in [1.807, 2.05) is 32.0 Å². The highest BCUT2D eigenvalue weighted by molar-refractivity contribution is 9.10. The SMILES string of the molecule is CCCCc1oc2ccccc2c(=O)c1C(=O)Nc1c(CC)cc(Br)cc1CC. The zero-order valence-corrected chi connectivity index (χ0v) is 18.7. The summed E-state index contributed by atoms with van der Waals surface area (Å²) in [6.07, 6.45) is 3.90. The van der Waals surface area contributed by atoms with Crippen molar-refractivity contribution in [3.63, 3.8) is 0 Å². The maximum Gasteiger partial charge on any atom is 0.263 e. The van der Waals surface area contributed by atoms with Gasteiger partial charge in [-0.1, -0.05) is 55.3 Å². The number of carbonyl (C=O) groups is 1. The van der Waals surface area contributed by atoms with E-state index in [9.17, 15) is 9.59 Å². The van der Waals surface area contributed by atoms with Crippen LogP contribution in [0.3, 0.4) is 0 Å². The fourth-order valence-electron chi connectivity index (χ4n) is 3.55. The van der Waals surface area contributed by atoms with Gasteiger partial charge in [0.15, 0.2) is 0 Å². The van der Waals surface area contributed by atoms with Gasteiger partial charge in [0.2, 0.25) is 5.43 Å². The van der Waals surface area contributed by atoms with Crippen LogP contribution >= 0.6 is 15.9 Å². The average molecular weight is 456 g/mol. The molecule has 3 rings (SSSR count). The highest BCUT2D eigenvalue weighted by Crippen LogP contribution is 2.28. The van der Waals surface area contributed by atoms with E-state index in [0.29, 0.717) is 23.2 Å². The zero-order chi connectivity index (χ0) is 21.0. The van der Waals surface area contributed by atoms with Crippen LogP contribution in [0.25, 0.3) is 11.0 Å². The Balaban J connectivity index is 2.12. The first-order valence-electron chi connectivity index (χ1n) is 10.2. The lowest BCUT2D eigenvalue weighted by molar-refractivity contribution is 0.102. The van der Waals surface area contributed by atoms with Crippen LogP contribution in [0.5, 0.6) is 0 Å². The van der Waals surface area contributed by atoms with Gasteiger partial charge >= 0.3 is 0 Å². The van der Waals surface area contributed by atoms with Crippen LogP contribution < -0.4 is 10.7 Å². The topological polar surface area (TPSA) is 59.3 Å². The molecule has 0 bridgehead atoms. The van der Waals surface area contributed by atoms with Gasteiger partial charge in [0.25, 0.3) is 5.91 Å². The Morgan fingerprint density at radius 2 is 1.72 bits per heavy atom. The molecule has 5 heteroatoms. The molecule has 0 radical (unpaired) electrons. The number of anilines is 1. The third-order valence-electron chi connectivity index (χ3n) is 5.12. The van der Waals surface area contributed by atoms with Crippen LogP contribution in [0.1, 0.15) is 60.9 Å². The normalized spacial score (nSPS) is 11.0. The fourth-order valence-corrected chi connectivity index (χ4v) is 4.10. The third kappa shape index (κ3) is 4.45. The van der Waals surface area contributed by atoms with E-state index in [2.05, 4.69) is 28.2 Å². The number of halogens is 1. The van der Waals surface area contributed by atoms with E-state index in [1.54, 1.807) is 18.2 Å². The molecule has 0 saturated carbocycles. The van der Waals surface area contributed by atoms with Crippen LogP contribution in [0.15, 0.2) is 50.1 Å². The van der Waals surface area contributed by atoms with Crippen molar-refractivity contribution in [3.05, 3.63) is 73.5 Å². The minimum atomic E-state index is -0.401. The molecular formula is C24H26BrNO3. The second kappa shape index (κ2) is 9.40. The van der Waals surface area contributed by atoms with Crippen molar-refractivity contribution in [2.75, 3.05) is 5.32 Å². The van der Waals surface area contributed by atoms with Crippen molar-refractivity contribution in [1.82, 2.24) is 0 Å². The molecule has 0 unspecified atom stereocenters. The summed E-state index contributed by atoms with van der Waals surface area (Å²) in [5.74, 6) is 0.0589. The first-order valence-corrected chi connectivity index (χ1v) is 11.0. The van der Waals surface area contributed by atoms with Gasteiger partial charge in [-0.3, -0.25) is 9.59 Å². The van der Waals surface area contributed by atoms with Gasteiger partial charge in [-0.2, -0.15) is 0 Å². The second-order valence-corrected chi connectivity index (χ2v) is 8.01. The highest BCUT2D eigenvalue weighted by Gasteiger charge is 2.22. The minimum absolute atomic E-state index is 0.115.